The molecule has 1 aliphatic rings. The molecule has 0 unspecified atom stereocenters. The van der Waals surface area contributed by atoms with Crippen LogP contribution in [0.2, 0.25) is 0 Å². The fraction of sp³-hybridized carbons (Fsp3) is 0.929. The van der Waals surface area contributed by atoms with Gasteiger partial charge in [0, 0.05) is 39.8 Å². The Morgan fingerprint density at radius 2 is 1.80 bits per heavy atom. The molecule has 1 rings (SSSR count). The van der Waals surface area contributed by atoms with Crippen LogP contribution in [0.1, 0.15) is 20.3 Å². The summed E-state index contributed by atoms with van der Waals surface area (Å²) in [5, 5.41) is 0. The Morgan fingerprint density at radius 3 is 2.30 bits per heavy atom. The van der Waals surface area contributed by atoms with E-state index in [9.17, 15) is 4.79 Å². The van der Waals surface area contributed by atoms with Crippen molar-refractivity contribution in [3.8, 4) is 0 Å². The third-order valence-electron chi connectivity index (χ3n) is 3.94. The summed E-state index contributed by atoms with van der Waals surface area (Å²) in [7, 11) is 4.02. The molecule has 0 aromatic heterocycles. The molecule has 1 heterocycles. The molecule has 1 fully saturated rings. The predicted octanol–water partition coefficient (Wildman–Crippen LogP) is 0.487. The lowest BCUT2D eigenvalue weighted by Gasteiger charge is -2.32. The molecule has 0 aromatic rings. The molecule has 0 aliphatic carbocycles. The monoisotopic (exact) mass is 306 g/mol. The zero-order valence-electron chi connectivity index (χ0n) is 13.3. The number of hydrogen-bond donors (Lipinski definition) is 1. The number of amides is 1. The van der Waals surface area contributed by atoms with E-state index < -0.39 is 0 Å². The highest BCUT2D eigenvalue weighted by Gasteiger charge is 2.21. The van der Waals surface area contributed by atoms with Crippen molar-refractivity contribution in [3.63, 3.8) is 0 Å². The van der Waals surface area contributed by atoms with Gasteiger partial charge in [0.15, 0.2) is 0 Å². The van der Waals surface area contributed by atoms with Crippen LogP contribution in [0.25, 0.3) is 0 Å². The fourth-order valence-electron chi connectivity index (χ4n) is 2.25. The van der Waals surface area contributed by atoms with Crippen LogP contribution in [0.15, 0.2) is 0 Å². The second-order valence-corrected chi connectivity index (χ2v) is 6.03. The minimum absolute atomic E-state index is 0. The van der Waals surface area contributed by atoms with E-state index in [1.165, 1.54) is 0 Å². The number of carbonyl (C=O) groups excluding carboxylic acids is 1. The molecular formula is C14H31ClN4O. The summed E-state index contributed by atoms with van der Waals surface area (Å²) in [5.41, 5.74) is 5.88. The van der Waals surface area contributed by atoms with Crippen molar-refractivity contribution in [2.75, 3.05) is 53.4 Å². The summed E-state index contributed by atoms with van der Waals surface area (Å²) in [6.07, 6.45) is 1.02. The van der Waals surface area contributed by atoms with E-state index in [1.807, 2.05) is 20.9 Å². The van der Waals surface area contributed by atoms with E-state index in [0.29, 0.717) is 0 Å². The van der Waals surface area contributed by atoms with Gasteiger partial charge in [0.05, 0.1) is 6.04 Å². The van der Waals surface area contributed by atoms with Crippen LogP contribution >= 0.6 is 12.4 Å². The van der Waals surface area contributed by atoms with E-state index in [0.717, 1.165) is 45.7 Å². The van der Waals surface area contributed by atoms with Gasteiger partial charge in [-0.1, -0.05) is 13.8 Å². The van der Waals surface area contributed by atoms with Crippen molar-refractivity contribution in [1.29, 1.82) is 0 Å². The van der Waals surface area contributed by atoms with Gasteiger partial charge in [-0.05, 0) is 25.9 Å². The maximum Gasteiger partial charge on any atom is 0.239 e. The van der Waals surface area contributed by atoms with E-state index in [2.05, 4.69) is 16.8 Å². The summed E-state index contributed by atoms with van der Waals surface area (Å²) < 4.78 is 0. The molecule has 2 N–H and O–H groups in total. The Labute approximate surface area is 129 Å². The van der Waals surface area contributed by atoms with Gasteiger partial charge in [-0.2, -0.15) is 0 Å². The first kappa shape index (κ1) is 19.6. The van der Waals surface area contributed by atoms with Gasteiger partial charge in [-0.15, -0.1) is 12.4 Å². The smallest absolute Gasteiger partial charge is 0.239 e. The molecule has 0 saturated carbocycles. The first-order valence-electron chi connectivity index (χ1n) is 7.33. The summed E-state index contributed by atoms with van der Waals surface area (Å²) >= 11 is 0. The number of hydrogen-bond acceptors (Lipinski definition) is 4. The molecule has 20 heavy (non-hydrogen) atoms. The van der Waals surface area contributed by atoms with Crippen LogP contribution in [0.5, 0.6) is 0 Å². The Morgan fingerprint density at radius 1 is 1.25 bits per heavy atom. The minimum Gasteiger partial charge on any atom is -0.344 e. The molecule has 1 atom stereocenters. The molecule has 1 amide bonds. The third kappa shape index (κ3) is 6.39. The topological polar surface area (TPSA) is 52.8 Å². The minimum atomic E-state index is -0.367. The van der Waals surface area contributed by atoms with Gasteiger partial charge in [-0.3, -0.25) is 4.79 Å². The highest BCUT2D eigenvalue weighted by molar-refractivity contribution is 5.85. The number of carbonyl (C=O) groups is 1. The molecule has 0 spiro atoms. The Hall–Kier alpha value is -0.360. The zero-order valence-corrected chi connectivity index (χ0v) is 14.2. The summed E-state index contributed by atoms with van der Waals surface area (Å²) in [5.74, 6) is 0.265. The Kier molecular flexibility index (Phi) is 9.38. The molecule has 120 valence electrons. The molecule has 0 bridgehead atoms. The van der Waals surface area contributed by atoms with E-state index >= 15 is 0 Å². The van der Waals surface area contributed by atoms with Gasteiger partial charge in [0.25, 0.3) is 0 Å². The number of likely N-dealkylation sites (N-methyl/N-ethyl adjacent to an activating group) is 2. The quantitative estimate of drug-likeness (QED) is 0.776. The maximum absolute atomic E-state index is 12.0. The van der Waals surface area contributed by atoms with Crippen LogP contribution in [0, 0.1) is 5.92 Å². The zero-order chi connectivity index (χ0) is 14.4. The third-order valence-corrected chi connectivity index (χ3v) is 3.94. The van der Waals surface area contributed by atoms with Crippen LogP contribution in [0.4, 0.5) is 0 Å². The maximum atomic E-state index is 12.0. The molecule has 0 radical (unpaired) electrons. The second kappa shape index (κ2) is 9.55. The summed E-state index contributed by atoms with van der Waals surface area (Å²) in [4.78, 5) is 18.6. The Balaban J connectivity index is 0.00000361. The molecule has 1 aliphatic heterocycles. The van der Waals surface area contributed by atoms with Crippen LogP contribution in [-0.4, -0.2) is 80.0 Å². The van der Waals surface area contributed by atoms with Gasteiger partial charge in [0.1, 0.15) is 0 Å². The average molecular weight is 307 g/mol. The average Bonchev–Trinajstić information content (AvgIpc) is 2.39. The van der Waals surface area contributed by atoms with E-state index in [-0.39, 0.29) is 30.3 Å². The van der Waals surface area contributed by atoms with Crippen molar-refractivity contribution in [2.24, 2.45) is 11.7 Å². The number of nitrogens with zero attached hydrogens (tertiary/aromatic N) is 3. The van der Waals surface area contributed by atoms with Crippen molar-refractivity contribution in [1.82, 2.24) is 14.7 Å². The van der Waals surface area contributed by atoms with Crippen LogP contribution in [-0.2, 0) is 4.79 Å². The van der Waals surface area contributed by atoms with E-state index in [4.69, 9.17) is 5.73 Å². The van der Waals surface area contributed by atoms with Gasteiger partial charge < -0.3 is 20.4 Å². The SMILES string of the molecule is CC(C)[C@H](N)C(=O)N(C)CCCN1CCN(C)CC1.Cl. The second-order valence-electron chi connectivity index (χ2n) is 6.03. The van der Waals surface area contributed by atoms with Crippen molar-refractivity contribution >= 4 is 18.3 Å². The first-order valence-corrected chi connectivity index (χ1v) is 7.33. The van der Waals surface area contributed by atoms with Gasteiger partial charge in [0.2, 0.25) is 5.91 Å². The summed E-state index contributed by atoms with van der Waals surface area (Å²) in [6.45, 7) is 10.4. The van der Waals surface area contributed by atoms with Gasteiger partial charge >= 0.3 is 0 Å². The lowest BCUT2D eigenvalue weighted by molar-refractivity contribution is -0.132. The highest BCUT2D eigenvalue weighted by Crippen LogP contribution is 2.04. The fourth-order valence-corrected chi connectivity index (χ4v) is 2.25. The molecule has 0 aromatic carbocycles. The number of halogens is 1. The van der Waals surface area contributed by atoms with Crippen molar-refractivity contribution in [3.05, 3.63) is 0 Å². The largest absolute Gasteiger partial charge is 0.344 e. The highest BCUT2D eigenvalue weighted by atomic mass is 35.5. The molecule has 6 heteroatoms. The van der Waals surface area contributed by atoms with Crippen molar-refractivity contribution in [2.45, 2.75) is 26.3 Å². The predicted molar refractivity (Wildman–Crippen MR) is 86.3 cm³/mol. The van der Waals surface area contributed by atoms with Crippen LogP contribution < -0.4 is 5.73 Å². The molecular weight excluding hydrogens is 276 g/mol. The lowest BCUT2D eigenvalue weighted by atomic mass is 10.0. The standard InChI is InChI=1S/C14H30N4O.ClH/c1-12(2)13(15)14(19)17(4)6-5-7-18-10-8-16(3)9-11-18;/h12-13H,5-11,15H2,1-4H3;1H/t13-;/m0./s1. The number of nitrogens with two attached hydrogens (primary N) is 1. The number of rotatable bonds is 6. The van der Waals surface area contributed by atoms with Crippen LogP contribution in [0.3, 0.4) is 0 Å². The lowest BCUT2D eigenvalue weighted by Crippen LogP contribution is -2.47. The molecule has 1 saturated heterocycles. The van der Waals surface area contributed by atoms with Crippen molar-refractivity contribution < 1.29 is 4.79 Å². The number of piperazine rings is 1. The van der Waals surface area contributed by atoms with E-state index in [1.54, 1.807) is 4.90 Å². The van der Waals surface area contributed by atoms with Gasteiger partial charge in [-0.25, -0.2) is 0 Å². The normalized spacial score (nSPS) is 18.7. The first-order chi connectivity index (χ1) is 8.91. The molecule has 5 nitrogen and oxygen atoms in total. The summed E-state index contributed by atoms with van der Waals surface area (Å²) in [6, 6.07) is -0.367. The Bertz CT molecular complexity index is 280.